The van der Waals surface area contributed by atoms with Crippen LogP contribution in [-0.4, -0.2) is 49.7 Å². The van der Waals surface area contributed by atoms with Gasteiger partial charge in [-0.1, -0.05) is 12.1 Å². The molecule has 0 fully saturated rings. The average molecular weight is 463 g/mol. The number of ether oxygens (including phenoxy) is 4. The van der Waals surface area contributed by atoms with Gasteiger partial charge >= 0.3 is 0 Å². The Hall–Kier alpha value is -3.42. The highest BCUT2D eigenvalue weighted by molar-refractivity contribution is 5.51. The summed E-state index contributed by atoms with van der Waals surface area (Å²) in [6.45, 7) is 1.81. The predicted molar refractivity (Wildman–Crippen MR) is 130 cm³/mol. The van der Waals surface area contributed by atoms with Gasteiger partial charge in [0.05, 0.1) is 7.11 Å². The summed E-state index contributed by atoms with van der Waals surface area (Å²) in [7, 11) is 1.67. The second-order valence-electron chi connectivity index (χ2n) is 8.75. The minimum Gasteiger partial charge on any atom is -0.497 e. The molecule has 7 heteroatoms. The molecule has 3 aromatic carbocycles. The predicted octanol–water partition coefficient (Wildman–Crippen LogP) is 3.59. The number of hydrogen-bond donors (Lipinski definition) is 2. The summed E-state index contributed by atoms with van der Waals surface area (Å²) in [5.74, 6) is 3.13. The van der Waals surface area contributed by atoms with E-state index in [9.17, 15) is 5.11 Å². The molecule has 0 amide bonds. The highest BCUT2D eigenvalue weighted by Crippen LogP contribution is 2.41. The molecule has 2 aliphatic heterocycles. The zero-order valence-electron chi connectivity index (χ0n) is 19.3. The van der Waals surface area contributed by atoms with Crippen molar-refractivity contribution < 1.29 is 24.1 Å². The molecule has 7 nitrogen and oxygen atoms in total. The van der Waals surface area contributed by atoms with E-state index < -0.39 is 6.10 Å². The molecule has 178 valence electrons. The van der Waals surface area contributed by atoms with E-state index in [0.717, 1.165) is 36.6 Å². The van der Waals surface area contributed by atoms with Crippen molar-refractivity contribution in [2.75, 3.05) is 39.3 Å². The quantitative estimate of drug-likeness (QED) is 0.495. The lowest BCUT2D eigenvalue weighted by molar-refractivity contribution is 0.0483. The van der Waals surface area contributed by atoms with Gasteiger partial charge in [-0.15, -0.1) is 0 Å². The fraction of sp³-hybridized carbons (Fsp3) is 0.333. The van der Waals surface area contributed by atoms with Gasteiger partial charge in [0.15, 0.2) is 11.5 Å². The van der Waals surface area contributed by atoms with Gasteiger partial charge in [0, 0.05) is 24.8 Å². The van der Waals surface area contributed by atoms with E-state index in [1.165, 1.54) is 16.7 Å². The summed E-state index contributed by atoms with van der Waals surface area (Å²) in [6.07, 6.45) is 1.06. The van der Waals surface area contributed by atoms with Crippen molar-refractivity contribution in [2.24, 2.45) is 0 Å². The fourth-order valence-electron chi connectivity index (χ4n) is 4.67. The Kier molecular flexibility index (Phi) is 6.47. The molecular weight excluding hydrogens is 432 g/mol. The van der Waals surface area contributed by atoms with Gasteiger partial charge in [0.1, 0.15) is 24.2 Å². The SMILES string of the molecule is COc1ccc(CC2c3cc4c(cc3CCN2CC(O)COc2ccc(N)cc2)OCO4)cc1. The zero-order valence-corrected chi connectivity index (χ0v) is 19.3. The topological polar surface area (TPSA) is 86.4 Å². The maximum Gasteiger partial charge on any atom is 0.231 e. The smallest absolute Gasteiger partial charge is 0.231 e. The summed E-state index contributed by atoms with van der Waals surface area (Å²) in [6, 6.07) is 19.7. The molecule has 0 radical (unpaired) electrons. The normalized spacial score (nSPS) is 17.8. The van der Waals surface area contributed by atoms with E-state index in [4.69, 9.17) is 24.7 Å². The van der Waals surface area contributed by atoms with Gasteiger partial charge in [-0.2, -0.15) is 0 Å². The first-order valence-corrected chi connectivity index (χ1v) is 11.5. The number of nitrogens with zero attached hydrogens (tertiary/aromatic N) is 1. The van der Waals surface area contributed by atoms with Gasteiger partial charge in [0.2, 0.25) is 6.79 Å². The zero-order chi connectivity index (χ0) is 23.5. The number of rotatable bonds is 8. The molecule has 2 heterocycles. The third-order valence-corrected chi connectivity index (χ3v) is 6.46. The molecule has 0 aromatic heterocycles. The van der Waals surface area contributed by atoms with E-state index in [1.54, 1.807) is 19.2 Å². The van der Waals surface area contributed by atoms with Crippen LogP contribution in [0.4, 0.5) is 5.69 Å². The first-order valence-electron chi connectivity index (χ1n) is 11.5. The standard InChI is InChI=1S/C27H30N2O5/c1-31-22-6-2-18(3-7-22)12-25-24-14-27-26(33-17-34-27)13-19(24)10-11-29(25)15-21(30)16-32-23-8-4-20(28)5-9-23/h2-9,13-14,21,25,30H,10-12,15-17,28H2,1H3. The minimum atomic E-state index is -0.633. The van der Waals surface area contributed by atoms with Crippen molar-refractivity contribution in [3.05, 3.63) is 77.4 Å². The van der Waals surface area contributed by atoms with Crippen LogP contribution in [0, 0.1) is 0 Å². The molecule has 0 saturated carbocycles. The summed E-state index contributed by atoms with van der Waals surface area (Å²) in [4.78, 5) is 2.34. The second kappa shape index (κ2) is 9.83. The van der Waals surface area contributed by atoms with Crippen LogP contribution in [0.2, 0.25) is 0 Å². The van der Waals surface area contributed by atoms with Gasteiger partial charge in [-0.3, -0.25) is 4.90 Å². The van der Waals surface area contributed by atoms with Crippen LogP contribution in [0.1, 0.15) is 22.7 Å². The molecule has 3 N–H and O–H groups in total. The van der Waals surface area contributed by atoms with Crippen LogP contribution in [-0.2, 0) is 12.8 Å². The van der Waals surface area contributed by atoms with Crippen LogP contribution in [0.15, 0.2) is 60.7 Å². The molecule has 0 spiro atoms. The van der Waals surface area contributed by atoms with E-state index in [-0.39, 0.29) is 19.4 Å². The first kappa shape index (κ1) is 22.4. The van der Waals surface area contributed by atoms with Crippen molar-refractivity contribution in [2.45, 2.75) is 25.0 Å². The minimum absolute atomic E-state index is 0.0952. The van der Waals surface area contributed by atoms with Gasteiger partial charge in [0.25, 0.3) is 0 Å². The van der Waals surface area contributed by atoms with Crippen molar-refractivity contribution in [1.29, 1.82) is 0 Å². The molecule has 0 saturated heterocycles. The Balaban J connectivity index is 1.34. The summed E-state index contributed by atoms with van der Waals surface area (Å²) in [5.41, 5.74) is 10.1. The van der Waals surface area contributed by atoms with Crippen LogP contribution < -0.4 is 24.7 Å². The number of aliphatic hydroxyl groups is 1. The number of nitrogens with two attached hydrogens (primary N) is 1. The molecule has 3 aromatic rings. The number of β-amino-alcohol motifs (C(OH)–C–C–N with tert-alkyl or cyclic N) is 1. The molecule has 2 atom stereocenters. The van der Waals surface area contributed by atoms with Crippen LogP contribution in [0.25, 0.3) is 0 Å². The highest BCUT2D eigenvalue weighted by Gasteiger charge is 2.31. The lowest BCUT2D eigenvalue weighted by Gasteiger charge is -2.38. The van der Waals surface area contributed by atoms with Gasteiger partial charge in [-0.25, -0.2) is 0 Å². The summed E-state index contributed by atoms with van der Waals surface area (Å²) in [5, 5.41) is 10.8. The number of benzene rings is 3. The molecule has 0 aliphatic carbocycles. The second-order valence-corrected chi connectivity index (χ2v) is 8.75. The van der Waals surface area contributed by atoms with Crippen LogP contribution >= 0.6 is 0 Å². The molecule has 2 aliphatic rings. The average Bonchev–Trinajstić information content (AvgIpc) is 3.32. The number of methoxy groups -OCH3 is 1. The van der Waals surface area contributed by atoms with E-state index in [0.29, 0.717) is 18.0 Å². The van der Waals surface area contributed by atoms with Crippen molar-refractivity contribution in [3.63, 3.8) is 0 Å². The van der Waals surface area contributed by atoms with Gasteiger partial charge in [-0.05, 0) is 78.1 Å². The first-order chi connectivity index (χ1) is 16.6. The Bertz CT molecular complexity index is 1120. The maximum atomic E-state index is 10.8. The summed E-state index contributed by atoms with van der Waals surface area (Å²) >= 11 is 0. The Morgan fingerprint density at radius 1 is 1.03 bits per heavy atom. The van der Waals surface area contributed by atoms with Crippen molar-refractivity contribution in [3.8, 4) is 23.0 Å². The van der Waals surface area contributed by atoms with Gasteiger partial charge < -0.3 is 29.8 Å². The van der Waals surface area contributed by atoms with Crippen LogP contribution in [0.5, 0.6) is 23.0 Å². The Morgan fingerprint density at radius 2 is 1.74 bits per heavy atom. The number of anilines is 1. The number of hydrogen-bond acceptors (Lipinski definition) is 7. The van der Waals surface area contributed by atoms with E-state index in [1.807, 2.05) is 24.3 Å². The lowest BCUT2D eigenvalue weighted by Crippen LogP contribution is -2.42. The Labute approximate surface area is 199 Å². The van der Waals surface area contributed by atoms with Crippen LogP contribution in [0.3, 0.4) is 0 Å². The molecule has 2 unspecified atom stereocenters. The maximum absolute atomic E-state index is 10.8. The molecule has 0 bridgehead atoms. The molecule has 5 rings (SSSR count). The number of aliphatic hydroxyl groups excluding tert-OH is 1. The van der Waals surface area contributed by atoms with E-state index in [2.05, 4.69) is 29.2 Å². The Morgan fingerprint density at radius 3 is 2.47 bits per heavy atom. The van der Waals surface area contributed by atoms with Crippen molar-refractivity contribution >= 4 is 5.69 Å². The number of fused-ring (bicyclic) bond motifs is 2. The van der Waals surface area contributed by atoms with Crippen molar-refractivity contribution in [1.82, 2.24) is 4.90 Å². The monoisotopic (exact) mass is 462 g/mol. The third-order valence-electron chi connectivity index (χ3n) is 6.46. The highest BCUT2D eigenvalue weighted by atomic mass is 16.7. The summed E-state index contributed by atoms with van der Waals surface area (Å²) < 4.78 is 22.4. The fourth-order valence-corrected chi connectivity index (χ4v) is 4.67. The molecule has 34 heavy (non-hydrogen) atoms. The van der Waals surface area contributed by atoms with E-state index >= 15 is 0 Å². The third kappa shape index (κ3) is 4.90. The largest absolute Gasteiger partial charge is 0.497 e. The lowest BCUT2D eigenvalue weighted by atomic mass is 9.88. The number of nitrogen functional groups attached to an aromatic ring is 1. The molecular formula is C27H30N2O5.